The van der Waals surface area contributed by atoms with Gasteiger partial charge in [-0.05, 0) is 24.3 Å². The fraction of sp³-hybridized carbons (Fsp3) is 0.286. The molecule has 0 radical (unpaired) electrons. The molecule has 0 bridgehead atoms. The van der Waals surface area contributed by atoms with Crippen LogP contribution in [0, 0.1) is 5.82 Å². The largest absolute Gasteiger partial charge is 0.368 e. The number of thioether (sulfide) groups is 1. The van der Waals surface area contributed by atoms with Crippen LogP contribution in [0.5, 0.6) is 0 Å². The van der Waals surface area contributed by atoms with Crippen molar-refractivity contribution in [2.75, 3.05) is 36.8 Å². The molecule has 0 unspecified atom stereocenters. The maximum atomic E-state index is 13.1. The first-order chi connectivity index (χ1) is 14.1. The second kappa shape index (κ2) is 8.65. The Hall–Kier alpha value is -2.87. The fourth-order valence-electron chi connectivity index (χ4n) is 3.36. The summed E-state index contributed by atoms with van der Waals surface area (Å²) < 4.78 is 15.0. The molecule has 1 aliphatic rings. The minimum absolute atomic E-state index is 0.0954. The molecule has 0 atom stereocenters. The molecule has 6 nitrogen and oxygen atoms in total. The molecule has 2 heterocycles. The smallest absolute Gasteiger partial charge is 0.233 e. The van der Waals surface area contributed by atoms with E-state index in [1.807, 2.05) is 46.8 Å². The van der Waals surface area contributed by atoms with Crippen molar-refractivity contribution in [1.29, 1.82) is 0 Å². The minimum Gasteiger partial charge on any atom is -0.368 e. The van der Waals surface area contributed by atoms with E-state index in [0.29, 0.717) is 18.8 Å². The van der Waals surface area contributed by atoms with E-state index < -0.39 is 0 Å². The third-order valence-electron chi connectivity index (χ3n) is 5.02. The van der Waals surface area contributed by atoms with Gasteiger partial charge >= 0.3 is 0 Å². The van der Waals surface area contributed by atoms with E-state index in [2.05, 4.69) is 15.1 Å². The molecule has 0 aliphatic carbocycles. The summed E-state index contributed by atoms with van der Waals surface area (Å²) in [7, 11) is 1.91. The Balaban J connectivity index is 1.31. The Labute approximate surface area is 173 Å². The zero-order chi connectivity index (χ0) is 20.2. The van der Waals surface area contributed by atoms with Gasteiger partial charge in [-0.1, -0.05) is 42.1 Å². The van der Waals surface area contributed by atoms with Crippen molar-refractivity contribution in [1.82, 2.24) is 19.7 Å². The summed E-state index contributed by atoms with van der Waals surface area (Å²) in [5.41, 5.74) is 1.98. The fourth-order valence-corrected chi connectivity index (χ4v) is 4.18. The summed E-state index contributed by atoms with van der Waals surface area (Å²) in [6.07, 6.45) is 0. The minimum atomic E-state index is -0.237. The third-order valence-corrected chi connectivity index (χ3v) is 6.02. The Kier molecular flexibility index (Phi) is 5.80. The molecule has 150 valence electrons. The van der Waals surface area contributed by atoms with Gasteiger partial charge in [-0.3, -0.25) is 4.79 Å². The zero-order valence-corrected chi connectivity index (χ0v) is 17.0. The van der Waals surface area contributed by atoms with Crippen LogP contribution in [0.25, 0.3) is 11.4 Å². The van der Waals surface area contributed by atoms with Crippen LogP contribution in [-0.4, -0.2) is 57.5 Å². The highest BCUT2D eigenvalue weighted by Gasteiger charge is 2.22. The lowest BCUT2D eigenvalue weighted by Gasteiger charge is -2.36. The predicted molar refractivity (Wildman–Crippen MR) is 112 cm³/mol. The van der Waals surface area contributed by atoms with Crippen molar-refractivity contribution in [3.63, 3.8) is 0 Å². The Morgan fingerprint density at radius 2 is 1.69 bits per heavy atom. The first kappa shape index (κ1) is 19.4. The summed E-state index contributed by atoms with van der Waals surface area (Å²) in [4.78, 5) is 16.7. The van der Waals surface area contributed by atoms with Crippen molar-refractivity contribution in [3.05, 3.63) is 60.4 Å². The number of rotatable bonds is 5. The van der Waals surface area contributed by atoms with Gasteiger partial charge in [0, 0.05) is 44.5 Å². The average Bonchev–Trinajstić information content (AvgIpc) is 3.13. The highest BCUT2D eigenvalue weighted by molar-refractivity contribution is 7.99. The average molecular weight is 412 g/mol. The highest BCUT2D eigenvalue weighted by atomic mass is 32.2. The monoisotopic (exact) mass is 411 g/mol. The van der Waals surface area contributed by atoms with E-state index in [9.17, 15) is 9.18 Å². The van der Waals surface area contributed by atoms with E-state index >= 15 is 0 Å². The first-order valence-electron chi connectivity index (χ1n) is 9.48. The third kappa shape index (κ3) is 4.42. The number of piperazine rings is 1. The lowest BCUT2D eigenvalue weighted by atomic mass is 10.2. The zero-order valence-electron chi connectivity index (χ0n) is 16.2. The normalized spacial score (nSPS) is 14.3. The summed E-state index contributed by atoms with van der Waals surface area (Å²) in [6, 6.07) is 16.4. The maximum Gasteiger partial charge on any atom is 0.233 e. The van der Waals surface area contributed by atoms with Gasteiger partial charge in [0.1, 0.15) is 5.82 Å². The summed E-state index contributed by atoms with van der Waals surface area (Å²) >= 11 is 1.41. The number of amides is 1. The molecule has 29 heavy (non-hydrogen) atoms. The molecule has 1 amide bonds. The molecule has 0 spiro atoms. The number of aromatic nitrogens is 3. The molecular weight excluding hydrogens is 389 g/mol. The highest BCUT2D eigenvalue weighted by Crippen LogP contribution is 2.23. The van der Waals surface area contributed by atoms with E-state index in [1.165, 1.54) is 23.9 Å². The van der Waals surface area contributed by atoms with Crippen LogP contribution in [0.1, 0.15) is 0 Å². The molecule has 3 aromatic rings. The molecule has 1 fully saturated rings. The van der Waals surface area contributed by atoms with Crippen LogP contribution in [-0.2, 0) is 11.8 Å². The van der Waals surface area contributed by atoms with Gasteiger partial charge in [-0.2, -0.15) is 0 Å². The second-order valence-electron chi connectivity index (χ2n) is 6.86. The van der Waals surface area contributed by atoms with Crippen molar-refractivity contribution >= 4 is 23.4 Å². The van der Waals surface area contributed by atoms with Crippen molar-refractivity contribution < 1.29 is 9.18 Å². The summed E-state index contributed by atoms with van der Waals surface area (Å²) in [6.45, 7) is 2.80. The molecule has 1 aromatic heterocycles. The van der Waals surface area contributed by atoms with Crippen molar-refractivity contribution in [2.45, 2.75) is 5.16 Å². The number of benzene rings is 2. The predicted octanol–water partition coefficient (Wildman–Crippen LogP) is 3.06. The molecule has 1 saturated heterocycles. The SMILES string of the molecule is Cn1c(SCC(=O)N2CCN(c3ccc(F)cc3)CC2)nnc1-c1ccccc1. The number of anilines is 1. The van der Waals surface area contributed by atoms with Gasteiger partial charge in [0.25, 0.3) is 0 Å². The maximum absolute atomic E-state index is 13.1. The number of carbonyl (C=O) groups is 1. The lowest BCUT2D eigenvalue weighted by molar-refractivity contribution is -0.128. The van der Waals surface area contributed by atoms with Crippen LogP contribution >= 0.6 is 11.8 Å². The van der Waals surface area contributed by atoms with E-state index in [4.69, 9.17) is 0 Å². The molecule has 0 N–H and O–H groups in total. The second-order valence-corrected chi connectivity index (χ2v) is 7.81. The van der Waals surface area contributed by atoms with Gasteiger partial charge in [0.2, 0.25) is 5.91 Å². The van der Waals surface area contributed by atoms with Crippen LogP contribution in [0.2, 0.25) is 0 Å². The number of carbonyl (C=O) groups excluding carboxylic acids is 1. The molecule has 8 heteroatoms. The van der Waals surface area contributed by atoms with E-state index in [-0.39, 0.29) is 11.7 Å². The first-order valence-corrected chi connectivity index (χ1v) is 10.5. The van der Waals surface area contributed by atoms with Gasteiger partial charge in [-0.15, -0.1) is 10.2 Å². The van der Waals surface area contributed by atoms with Crippen LogP contribution in [0.15, 0.2) is 59.8 Å². The van der Waals surface area contributed by atoms with Crippen LogP contribution in [0.4, 0.5) is 10.1 Å². The number of nitrogens with zero attached hydrogens (tertiary/aromatic N) is 5. The summed E-state index contributed by atoms with van der Waals surface area (Å²) in [5, 5.41) is 9.22. The van der Waals surface area contributed by atoms with Gasteiger partial charge in [0.15, 0.2) is 11.0 Å². The Morgan fingerprint density at radius 1 is 1.00 bits per heavy atom. The Bertz CT molecular complexity index is 968. The quantitative estimate of drug-likeness (QED) is 0.604. The Morgan fingerprint density at radius 3 is 2.38 bits per heavy atom. The van der Waals surface area contributed by atoms with Crippen molar-refractivity contribution in [2.24, 2.45) is 7.05 Å². The van der Waals surface area contributed by atoms with Gasteiger partial charge in [0.05, 0.1) is 5.75 Å². The topological polar surface area (TPSA) is 54.3 Å². The lowest BCUT2D eigenvalue weighted by Crippen LogP contribution is -2.49. The van der Waals surface area contributed by atoms with E-state index in [1.54, 1.807) is 12.1 Å². The van der Waals surface area contributed by atoms with Crippen LogP contribution < -0.4 is 4.90 Å². The van der Waals surface area contributed by atoms with Gasteiger partial charge in [-0.25, -0.2) is 4.39 Å². The molecular formula is C21H22FN5OS. The van der Waals surface area contributed by atoms with Crippen molar-refractivity contribution in [3.8, 4) is 11.4 Å². The molecule has 4 rings (SSSR count). The summed E-state index contributed by atoms with van der Waals surface area (Å²) in [5.74, 6) is 0.974. The molecule has 2 aromatic carbocycles. The van der Waals surface area contributed by atoms with Crippen LogP contribution in [0.3, 0.4) is 0 Å². The standard InChI is InChI=1S/C21H22FN5OS/c1-25-20(16-5-3-2-4-6-16)23-24-21(25)29-15-19(28)27-13-11-26(12-14-27)18-9-7-17(22)8-10-18/h2-10H,11-15H2,1H3. The molecule has 1 aliphatic heterocycles. The van der Waals surface area contributed by atoms with Gasteiger partial charge < -0.3 is 14.4 Å². The number of halogens is 1. The number of hydrogen-bond acceptors (Lipinski definition) is 5. The molecule has 0 saturated carbocycles. The number of hydrogen-bond donors (Lipinski definition) is 0. The van der Waals surface area contributed by atoms with E-state index in [0.717, 1.165) is 35.3 Å².